The van der Waals surface area contributed by atoms with Gasteiger partial charge in [0.2, 0.25) is 0 Å². The number of aryl methyl sites for hydroxylation is 1. The van der Waals surface area contributed by atoms with Crippen molar-refractivity contribution >= 4 is 23.5 Å². The summed E-state index contributed by atoms with van der Waals surface area (Å²) in [5, 5.41) is 12.1. The molecule has 0 bridgehead atoms. The highest BCUT2D eigenvalue weighted by atomic mass is 35.5. The number of halogens is 1. The molecule has 1 rings (SSSR count). The maximum Gasteiger partial charge on any atom is 0.326 e. The van der Waals surface area contributed by atoms with E-state index in [0.29, 0.717) is 10.6 Å². The highest BCUT2D eigenvalue weighted by Gasteiger charge is 2.23. The van der Waals surface area contributed by atoms with E-state index in [1.807, 2.05) is 0 Å². The fourth-order valence-electron chi connectivity index (χ4n) is 1.52. The van der Waals surface area contributed by atoms with Gasteiger partial charge in [0.25, 0.3) is 5.91 Å². The van der Waals surface area contributed by atoms with Crippen molar-refractivity contribution < 1.29 is 14.7 Å². The smallest absolute Gasteiger partial charge is 0.326 e. The zero-order chi connectivity index (χ0) is 13.9. The number of carboxylic acid groups (broad SMARTS) is 1. The Labute approximate surface area is 111 Å². The van der Waals surface area contributed by atoms with Gasteiger partial charge in [-0.05, 0) is 36.6 Å². The number of carbonyl (C=O) groups excluding carboxylic acids is 1. The van der Waals surface area contributed by atoms with Gasteiger partial charge in [-0.15, -0.1) is 0 Å². The highest BCUT2D eigenvalue weighted by Crippen LogP contribution is 2.16. The molecule has 0 aliphatic rings. The Kier molecular flexibility index (Phi) is 4.73. The quantitative estimate of drug-likeness (QED) is 0.882. The third-order valence-corrected chi connectivity index (χ3v) is 3.06. The van der Waals surface area contributed by atoms with Crippen LogP contribution in [0.1, 0.15) is 29.8 Å². The van der Waals surface area contributed by atoms with E-state index < -0.39 is 17.9 Å². The zero-order valence-corrected chi connectivity index (χ0v) is 11.3. The predicted molar refractivity (Wildman–Crippen MR) is 69.9 cm³/mol. The second kappa shape index (κ2) is 5.87. The van der Waals surface area contributed by atoms with Gasteiger partial charge in [0.1, 0.15) is 6.04 Å². The van der Waals surface area contributed by atoms with Gasteiger partial charge in [0.05, 0.1) is 0 Å². The van der Waals surface area contributed by atoms with Gasteiger partial charge < -0.3 is 10.4 Å². The lowest BCUT2D eigenvalue weighted by molar-refractivity contribution is -0.140. The van der Waals surface area contributed by atoms with Crippen LogP contribution in [0.3, 0.4) is 0 Å². The summed E-state index contributed by atoms with van der Waals surface area (Å²) in [5.74, 6) is -1.63. The van der Waals surface area contributed by atoms with Crippen LogP contribution in [0.2, 0.25) is 5.02 Å². The fourth-order valence-corrected chi connectivity index (χ4v) is 1.64. The van der Waals surface area contributed by atoms with Crippen molar-refractivity contribution in [3.63, 3.8) is 0 Å². The molecule has 0 saturated heterocycles. The van der Waals surface area contributed by atoms with Crippen LogP contribution in [0.25, 0.3) is 0 Å². The monoisotopic (exact) mass is 269 g/mol. The summed E-state index contributed by atoms with van der Waals surface area (Å²) >= 11 is 5.87. The molecule has 0 fully saturated rings. The third-order valence-electron chi connectivity index (χ3n) is 2.64. The Hall–Kier alpha value is -1.55. The molecule has 5 heteroatoms. The maximum absolute atomic E-state index is 11.9. The standard InChI is InChI=1S/C13H16ClNO3/c1-7(2)11(13(17)18)15-12(16)9-4-5-10(14)8(3)6-9/h4-7,11H,1-3H3,(H,15,16)(H,17,18)/t11-/m0/s1. The summed E-state index contributed by atoms with van der Waals surface area (Å²) in [7, 11) is 0. The second-order valence-corrected chi connectivity index (χ2v) is 4.90. The minimum atomic E-state index is -1.04. The van der Waals surface area contributed by atoms with E-state index in [1.54, 1.807) is 39.0 Å². The number of carboxylic acids is 1. The van der Waals surface area contributed by atoms with E-state index in [9.17, 15) is 9.59 Å². The number of rotatable bonds is 4. The molecule has 1 aromatic carbocycles. The van der Waals surface area contributed by atoms with Crippen LogP contribution < -0.4 is 5.32 Å². The second-order valence-electron chi connectivity index (χ2n) is 4.50. The largest absolute Gasteiger partial charge is 0.480 e. The van der Waals surface area contributed by atoms with Crippen LogP contribution in [0.5, 0.6) is 0 Å². The summed E-state index contributed by atoms with van der Waals surface area (Å²) in [4.78, 5) is 22.9. The van der Waals surface area contributed by atoms with E-state index in [2.05, 4.69) is 5.32 Å². The van der Waals surface area contributed by atoms with Gasteiger partial charge in [-0.2, -0.15) is 0 Å². The molecule has 0 unspecified atom stereocenters. The molecule has 0 spiro atoms. The minimum Gasteiger partial charge on any atom is -0.480 e. The topological polar surface area (TPSA) is 66.4 Å². The van der Waals surface area contributed by atoms with Crippen LogP contribution in [-0.4, -0.2) is 23.0 Å². The maximum atomic E-state index is 11.9. The molecular formula is C13H16ClNO3. The Morgan fingerprint density at radius 2 is 1.94 bits per heavy atom. The first-order chi connectivity index (χ1) is 8.32. The molecule has 1 amide bonds. The van der Waals surface area contributed by atoms with Crippen molar-refractivity contribution in [2.75, 3.05) is 0 Å². The van der Waals surface area contributed by atoms with Gasteiger partial charge in [0, 0.05) is 10.6 Å². The average molecular weight is 270 g/mol. The lowest BCUT2D eigenvalue weighted by Crippen LogP contribution is -2.44. The first-order valence-electron chi connectivity index (χ1n) is 5.62. The summed E-state index contributed by atoms with van der Waals surface area (Å²) in [5.41, 5.74) is 1.18. The zero-order valence-electron chi connectivity index (χ0n) is 10.5. The minimum absolute atomic E-state index is 0.181. The molecular weight excluding hydrogens is 254 g/mol. The molecule has 0 heterocycles. The van der Waals surface area contributed by atoms with Crippen LogP contribution in [-0.2, 0) is 4.79 Å². The van der Waals surface area contributed by atoms with E-state index in [1.165, 1.54) is 0 Å². The van der Waals surface area contributed by atoms with Gasteiger partial charge in [0.15, 0.2) is 0 Å². The molecule has 1 aromatic rings. The van der Waals surface area contributed by atoms with Crippen molar-refractivity contribution in [1.82, 2.24) is 5.32 Å². The summed E-state index contributed by atoms with van der Waals surface area (Å²) in [6, 6.07) is 3.94. The molecule has 18 heavy (non-hydrogen) atoms. The number of amides is 1. The predicted octanol–water partition coefficient (Wildman–Crippen LogP) is 2.49. The average Bonchev–Trinajstić information content (AvgIpc) is 2.28. The molecule has 1 atom stereocenters. The molecule has 4 nitrogen and oxygen atoms in total. The number of hydrogen-bond donors (Lipinski definition) is 2. The molecule has 0 radical (unpaired) electrons. The lowest BCUT2D eigenvalue weighted by atomic mass is 10.0. The number of nitrogens with one attached hydrogen (secondary N) is 1. The number of hydrogen-bond acceptors (Lipinski definition) is 2. The summed E-state index contributed by atoms with van der Waals surface area (Å²) in [6.45, 7) is 5.27. The number of aliphatic carboxylic acids is 1. The van der Waals surface area contributed by atoms with Crippen LogP contribution in [0, 0.1) is 12.8 Å². The fraction of sp³-hybridized carbons (Fsp3) is 0.385. The lowest BCUT2D eigenvalue weighted by Gasteiger charge is -2.18. The van der Waals surface area contributed by atoms with Crippen molar-refractivity contribution in [1.29, 1.82) is 0 Å². The van der Waals surface area contributed by atoms with Gasteiger partial charge >= 0.3 is 5.97 Å². The van der Waals surface area contributed by atoms with E-state index in [0.717, 1.165) is 5.56 Å². The van der Waals surface area contributed by atoms with Gasteiger partial charge in [-0.25, -0.2) is 4.79 Å². The molecule has 0 aliphatic heterocycles. The highest BCUT2D eigenvalue weighted by molar-refractivity contribution is 6.31. The third kappa shape index (κ3) is 3.47. The Morgan fingerprint density at radius 3 is 2.39 bits per heavy atom. The Morgan fingerprint density at radius 1 is 1.33 bits per heavy atom. The van der Waals surface area contributed by atoms with E-state index in [-0.39, 0.29) is 5.92 Å². The van der Waals surface area contributed by atoms with E-state index >= 15 is 0 Å². The number of carbonyl (C=O) groups is 2. The molecule has 0 saturated carbocycles. The molecule has 2 N–H and O–H groups in total. The number of benzene rings is 1. The summed E-state index contributed by atoms with van der Waals surface area (Å²) < 4.78 is 0. The van der Waals surface area contributed by atoms with E-state index in [4.69, 9.17) is 16.7 Å². The van der Waals surface area contributed by atoms with Crippen molar-refractivity contribution in [3.8, 4) is 0 Å². The molecule has 98 valence electrons. The molecule has 0 aliphatic carbocycles. The van der Waals surface area contributed by atoms with Crippen LogP contribution in [0.15, 0.2) is 18.2 Å². The first-order valence-corrected chi connectivity index (χ1v) is 6.00. The van der Waals surface area contributed by atoms with Gasteiger partial charge in [-0.1, -0.05) is 25.4 Å². The SMILES string of the molecule is Cc1cc(C(=O)N[C@H](C(=O)O)C(C)C)ccc1Cl. The van der Waals surface area contributed by atoms with Crippen molar-refractivity contribution in [3.05, 3.63) is 34.3 Å². The summed E-state index contributed by atoms with van der Waals surface area (Å²) in [6.07, 6.45) is 0. The van der Waals surface area contributed by atoms with Crippen LogP contribution in [0.4, 0.5) is 0 Å². The van der Waals surface area contributed by atoms with Crippen molar-refractivity contribution in [2.24, 2.45) is 5.92 Å². The first kappa shape index (κ1) is 14.5. The van der Waals surface area contributed by atoms with Gasteiger partial charge in [-0.3, -0.25) is 4.79 Å². The normalized spacial score (nSPS) is 12.3. The molecule has 0 aromatic heterocycles. The Balaban J connectivity index is 2.87. The van der Waals surface area contributed by atoms with Crippen molar-refractivity contribution in [2.45, 2.75) is 26.8 Å². The van der Waals surface area contributed by atoms with Crippen LogP contribution >= 0.6 is 11.6 Å². The Bertz CT molecular complexity index is 471.